The van der Waals surface area contributed by atoms with Crippen LogP contribution in [0.4, 0.5) is 4.79 Å². The molecule has 0 aliphatic carbocycles. The molecule has 3 rings (SSSR count). The maximum Gasteiger partial charge on any atom is 0.407 e. The van der Waals surface area contributed by atoms with Gasteiger partial charge < -0.3 is 14.7 Å². The molecule has 0 radical (unpaired) electrons. The van der Waals surface area contributed by atoms with Crippen LogP contribution in [-0.2, 0) is 9.84 Å². The molecule has 1 aliphatic heterocycles. The zero-order valence-corrected chi connectivity index (χ0v) is 18.7. The van der Waals surface area contributed by atoms with Gasteiger partial charge in [-0.3, -0.25) is 9.36 Å². The minimum Gasteiger partial charge on any atom is -0.490 e. The molecule has 1 aromatic heterocycles. The highest BCUT2D eigenvalue weighted by atomic mass is 32.2. The van der Waals surface area contributed by atoms with Crippen LogP contribution >= 0.6 is 0 Å². The lowest BCUT2D eigenvalue weighted by molar-refractivity contribution is 0.0969. The van der Waals surface area contributed by atoms with Crippen LogP contribution in [0.2, 0.25) is 0 Å². The first-order valence-electron chi connectivity index (χ1n) is 10.3. The Labute approximate surface area is 182 Å². The summed E-state index contributed by atoms with van der Waals surface area (Å²) in [6.45, 7) is 4.47. The Morgan fingerprint density at radius 3 is 2.42 bits per heavy atom. The first-order chi connectivity index (χ1) is 14.6. The normalized spacial score (nSPS) is 19.8. The number of carbonyl (C=O) groups is 1. The van der Waals surface area contributed by atoms with E-state index in [4.69, 9.17) is 4.74 Å². The van der Waals surface area contributed by atoms with Crippen molar-refractivity contribution in [1.29, 1.82) is 0 Å². The summed E-state index contributed by atoms with van der Waals surface area (Å²) in [5.41, 5.74) is 0.251. The molecule has 0 bridgehead atoms. The highest BCUT2D eigenvalue weighted by Crippen LogP contribution is 2.26. The number of hydrogen-bond donors (Lipinski definition) is 1. The molecule has 2 aromatic rings. The predicted molar refractivity (Wildman–Crippen MR) is 117 cm³/mol. The van der Waals surface area contributed by atoms with Crippen molar-refractivity contribution >= 4 is 15.9 Å². The summed E-state index contributed by atoms with van der Waals surface area (Å²) in [6.07, 6.45) is 3.61. The van der Waals surface area contributed by atoms with E-state index in [-0.39, 0.29) is 28.5 Å². The van der Waals surface area contributed by atoms with Crippen LogP contribution in [0, 0.1) is 5.92 Å². The lowest BCUT2D eigenvalue weighted by Gasteiger charge is -2.31. The monoisotopic (exact) mass is 448 g/mol. The zero-order valence-electron chi connectivity index (χ0n) is 17.9. The molecule has 1 saturated heterocycles. The summed E-state index contributed by atoms with van der Waals surface area (Å²) in [4.78, 5) is 25.9. The third-order valence-corrected chi connectivity index (χ3v) is 6.71. The van der Waals surface area contributed by atoms with E-state index in [0.717, 1.165) is 6.26 Å². The number of sulfone groups is 1. The number of likely N-dealkylation sites (tertiary alicyclic amines) is 1. The van der Waals surface area contributed by atoms with Gasteiger partial charge in [0.2, 0.25) is 0 Å². The number of hydrogen-bond acceptors (Lipinski definition) is 5. The summed E-state index contributed by atoms with van der Waals surface area (Å²) >= 11 is 0. The topological polar surface area (TPSA) is 106 Å². The van der Waals surface area contributed by atoms with Gasteiger partial charge >= 0.3 is 6.09 Å². The molecular weight excluding hydrogens is 420 g/mol. The quantitative estimate of drug-likeness (QED) is 0.753. The maximum absolute atomic E-state index is 12.6. The minimum atomic E-state index is -3.31. The molecule has 1 amide bonds. The van der Waals surface area contributed by atoms with Crippen LogP contribution < -0.4 is 10.3 Å². The van der Waals surface area contributed by atoms with Gasteiger partial charge in [0.25, 0.3) is 5.56 Å². The highest BCUT2D eigenvalue weighted by Gasteiger charge is 2.32. The maximum atomic E-state index is 12.6. The van der Waals surface area contributed by atoms with E-state index < -0.39 is 15.9 Å². The number of amides is 1. The number of benzene rings is 1. The molecule has 2 atom stereocenters. The second kappa shape index (κ2) is 9.13. The van der Waals surface area contributed by atoms with Gasteiger partial charge in [0.15, 0.2) is 9.84 Å². The summed E-state index contributed by atoms with van der Waals surface area (Å²) in [5.74, 6) is 0.591. The fraction of sp³-hybridized carbons (Fsp3) is 0.455. The van der Waals surface area contributed by atoms with Gasteiger partial charge in [0.05, 0.1) is 4.90 Å². The third kappa shape index (κ3) is 5.46. The molecule has 2 heterocycles. The molecule has 1 N–H and O–H groups in total. The van der Waals surface area contributed by atoms with E-state index in [0.29, 0.717) is 37.2 Å². The second-order valence-electron chi connectivity index (χ2n) is 8.24. The van der Waals surface area contributed by atoms with Crippen LogP contribution in [-0.4, -0.2) is 54.0 Å². The molecule has 2 unspecified atom stereocenters. The van der Waals surface area contributed by atoms with E-state index in [9.17, 15) is 23.1 Å². The fourth-order valence-corrected chi connectivity index (χ4v) is 4.57. The summed E-state index contributed by atoms with van der Waals surface area (Å²) in [6, 6.07) is 9.04. The average Bonchev–Trinajstić information content (AvgIpc) is 2.90. The largest absolute Gasteiger partial charge is 0.490 e. The number of carboxylic acid groups (broad SMARTS) is 1. The van der Waals surface area contributed by atoms with Crippen LogP contribution in [0.1, 0.15) is 33.1 Å². The van der Waals surface area contributed by atoms with Gasteiger partial charge in [-0.1, -0.05) is 13.8 Å². The first kappa shape index (κ1) is 22.9. The molecule has 0 saturated carbocycles. The Balaban J connectivity index is 1.77. The van der Waals surface area contributed by atoms with Crippen molar-refractivity contribution in [2.24, 2.45) is 5.92 Å². The third-order valence-electron chi connectivity index (χ3n) is 5.58. The number of pyridine rings is 1. The Kier molecular flexibility index (Phi) is 6.74. The van der Waals surface area contributed by atoms with Crippen molar-refractivity contribution in [2.75, 3.05) is 12.8 Å². The fourth-order valence-electron chi connectivity index (χ4n) is 3.94. The van der Waals surface area contributed by atoms with Crippen LogP contribution in [0.5, 0.6) is 5.75 Å². The standard InChI is InChI=1S/C22H28N2O6S/c1-15(2)20-13-17(5-4-11-24(20)22(26)27)30-18-10-12-23(21(25)14-18)16-6-8-19(9-7-16)31(3,28)29/h6-10,12,14-15,17,20H,4-5,11,13H2,1-3H3,(H,26,27). The van der Waals surface area contributed by atoms with Gasteiger partial charge in [-0.05, 0) is 49.1 Å². The molecule has 0 spiro atoms. The van der Waals surface area contributed by atoms with Crippen LogP contribution in [0.3, 0.4) is 0 Å². The second-order valence-corrected chi connectivity index (χ2v) is 10.3. The van der Waals surface area contributed by atoms with E-state index in [2.05, 4.69) is 0 Å². The molecular formula is C22H28N2O6S. The number of aromatic nitrogens is 1. The van der Waals surface area contributed by atoms with Crippen molar-refractivity contribution in [3.63, 3.8) is 0 Å². The minimum absolute atomic E-state index is 0.140. The molecule has 1 aromatic carbocycles. The molecule has 9 heteroatoms. The average molecular weight is 449 g/mol. The van der Waals surface area contributed by atoms with Crippen molar-refractivity contribution in [3.05, 3.63) is 52.9 Å². The Morgan fingerprint density at radius 2 is 1.87 bits per heavy atom. The Hall–Kier alpha value is -2.81. The zero-order chi connectivity index (χ0) is 22.8. The van der Waals surface area contributed by atoms with E-state index in [1.54, 1.807) is 24.4 Å². The highest BCUT2D eigenvalue weighted by molar-refractivity contribution is 7.90. The number of nitrogens with zero attached hydrogens (tertiary/aromatic N) is 2. The van der Waals surface area contributed by atoms with Crippen molar-refractivity contribution in [1.82, 2.24) is 9.47 Å². The van der Waals surface area contributed by atoms with Gasteiger partial charge in [0.1, 0.15) is 11.9 Å². The van der Waals surface area contributed by atoms with E-state index >= 15 is 0 Å². The Bertz CT molecular complexity index is 1090. The van der Waals surface area contributed by atoms with Crippen molar-refractivity contribution in [2.45, 2.75) is 50.2 Å². The van der Waals surface area contributed by atoms with Gasteiger partial charge in [-0.15, -0.1) is 0 Å². The van der Waals surface area contributed by atoms with Crippen molar-refractivity contribution in [3.8, 4) is 11.4 Å². The van der Waals surface area contributed by atoms with Crippen LogP contribution in [0.15, 0.2) is 52.3 Å². The summed E-state index contributed by atoms with van der Waals surface area (Å²) in [5, 5.41) is 9.50. The molecule has 168 valence electrons. The first-order valence-corrected chi connectivity index (χ1v) is 12.1. The molecule has 31 heavy (non-hydrogen) atoms. The van der Waals surface area contributed by atoms with Crippen molar-refractivity contribution < 1.29 is 23.1 Å². The Morgan fingerprint density at radius 1 is 1.19 bits per heavy atom. The van der Waals surface area contributed by atoms with Gasteiger partial charge in [0, 0.05) is 43.2 Å². The van der Waals surface area contributed by atoms with Crippen LogP contribution in [0.25, 0.3) is 5.69 Å². The predicted octanol–water partition coefficient (Wildman–Crippen LogP) is 3.18. The lowest BCUT2D eigenvalue weighted by Crippen LogP contribution is -2.43. The van der Waals surface area contributed by atoms with Gasteiger partial charge in [-0.2, -0.15) is 0 Å². The van der Waals surface area contributed by atoms with Gasteiger partial charge in [-0.25, -0.2) is 13.2 Å². The lowest BCUT2D eigenvalue weighted by atomic mass is 9.97. The SMILES string of the molecule is CC(C)C1CC(Oc2ccn(-c3ccc(S(C)(=O)=O)cc3)c(=O)c2)CCCN1C(=O)O. The smallest absolute Gasteiger partial charge is 0.407 e. The van der Waals surface area contributed by atoms with E-state index in [1.165, 1.54) is 27.7 Å². The number of ether oxygens (including phenoxy) is 1. The molecule has 1 aliphatic rings. The van der Waals surface area contributed by atoms with E-state index in [1.807, 2.05) is 13.8 Å². The molecule has 8 nitrogen and oxygen atoms in total. The summed E-state index contributed by atoms with van der Waals surface area (Å²) in [7, 11) is -3.31. The number of rotatable bonds is 5. The molecule has 1 fully saturated rings. The summed E-state index contributed by atoms with van der Waals surface area (Å²) < 4.78 is 30.7.